The molecule has 1 heterocycles. The molecule has 8 nitrogen and oxygen atoms in total. The van der Waals surface area contributed by atoms with E-state index in [1.165, 1.54) is 18.7 Å². The molecular formula is C27H25N5O3S. The number of carbonyl (C=O) groups excluding carboxylic acids is 2. The quantitative estimate of drug-likeness (QED) is 0.123. The summed E-state index contributed by atoms with van der Waals surface area (Å²) in [5.74, 6) is 0.615. The largest absolute Gasteiger partial charge is 0.427 e. The van der Waals surface area contributed by atoms with Crippen molar-refractivity contribution in [2.24, 2.45) is 5.10 Å². The van der Waals surface area contributed by atoms with Crippen molar-refractivity contribution in [3.05, 3.63) is 90.0 Å². The molecule has 1 aromatic heterocycles. The Morgan fingerprint density at radius 2 is 1.64 bits per heavy atom. The molecule has 0 fully saturated rings. The lowest BCUT2D eigenvalue weighted by molar-refractivity contribution is -0.131. The molecule has 182 valence electrons. The average molecular weight is 500 g/mol. The number of hydrazone groups is 1. The van der Waals surface area contributed by atoms with Crippen molar-refractivity contribution in [2.45, 2.75) is 25.9 Å². The van der Waals surface area contributed by atoms with Gasteiger partial charge < -0.3 is 4.74 Å². The number of esters is 1. The molecule has 0 aliphatic rings. The Balaban J connectivity index is 1.46. The third-order valence-electron chi connectivity index (χ3n) is 5.17. The number of aromatic nitrogens is 3. The van der Waals surface area contributed by atoms with Gasteiger partial charge in [0.2, 0.25) is 0 Å². The van der Waals surface area contributed by atoms with Gasteiger partial charge in [0.1, 0.15) is 5.75 Å². The first kappa shape index (κ1) is 24.9. The van der Waals surface area contributed by atoms with E-state index in [1.54, 1.807) is 31.2 Å². The van der Waals surface area contributed by atoms with Crippen molar-refractivity contribution < 1.29 is 14.3 Å². The zero-order valence-electron chi connectivity index (χ0n) is 20.1. The van der Waals surface area contributed by atoms with E-state index in [0.717, 1.165) is 22.4 Å². The summed E-state index contributed by atoms with van der Waals surface area (Å²) in [6, 6.07) is 24.8. The third-order valence-corrected chi connectivity index (χ3v) is 6.10. The number of hydrogen-bond acceptors (Lipinski definition) is 7. The van der Waals surface area contributed by atoms with Gasteiger partial charge in [-0.1, -0.05) is 59.8 Å². The lowest BCUT2D eigenvalue weighted by atomic mass is 10.1. The van der Waals surface area contributed by atoms with Crippen LogP contribution in [-0.4, -0.2) is 38.1 Å². The van der Waals surface area contributed by atoms with E-state index >= 15 is 0 Å². The van der Waals surface area contributed by atoms with Crippen LogP contribution >= 0.6 is 11.8 Å². The minimum absolute atomic E-state index is 0.112. The maximum absolute atomic E-state index is 12.5. The van der Waals surface area contributed by atoms with E-state index in [9.17, 15) is 9.59 Å². The molecule has 0 saturated heterocycles. The van der Waals surface area contributed by atoms with Crippen molar-refractivity contribution in [1.29, 1.82) is 0 Å². The van der Waals surface area contributed by atoms with Gasteiger partial charge in [-0.2, -0.15) is 5.10 Å². The molecule has 1 amide bonds. The van der Waals surface area contributed by atoms with Gasteiger partial charge in [-0.3, -0.25) is 14.2 Å². The highest BCUT2D eigenvalue weighted by Gasteiger charge is 2.17. The monoisotopic (exact) mass is 499 g/mol. The van der Waals surface area contributed by atoms with Crippen LogP contribution in [0.1, 0.15) is 25.0 Å². The lowest BCUT2D eigenvalue weighted by Gasteiger charge is -2.10. The number of nitrogens with one attached hydrogen (secondary N) is 1. The minimum atomic E-state index is -0.382. The van der Waals surface area contributed by atoms with E-state index in [-0.39, 0.29) is 17.6 Å². The summed E-state index contributed by atoms with van der Waals surface area (Å²) < 4.78 is 6.98. The fourth-order valence-electron chi connectivity index (χ4n) is 3.37. The van der Waals surface area contributed by atoms with E-state index < -0.39 is 0 Å². The summed E-state index contributed by atoms with van der Waals surface area (Å²) in [5, 5.41) is 13.6. The van der Waals surface area contributed by atoms with Crippen LogP contribution in [-0.2, 0) is 9.59 Å². The molecule has 0 radical (unpaired) electrons. The molecule has 4 rings (SSSR count). The summed E-state index contributed by atoms with van der Waals surface area (Å²) in [4.78, 5) is 23.6. The summed E-state index contributed by atoms with van der Waals surface area (Å²) in [6.45, 7) is 5.17. The first-order valence-corrected chi connectivity index (χ1v) is 12.2. The Morgan fingerprint density at radius 1 is 0.944 bits per heavy atom. The molecule has 0 atom stereocenters. The molecule has 0 aliphatic heterocycles. The number of benzene rings is 3. The molecule has 9 heteroatoms. The second-order valence-corrected chi connectivity index (χ2v) is 8.92. The van der Waals surface area contributed by atoms with E-state index in [0.29, 0.717) is 22.4 Å². The maximum atomic E-state index is 12.5. The maximum Gasteiger partial charge on any atom is 0.308 e. The molecule has 0 spiro atoms. The number of hydrogen-bond donors (Lipinski definition) is 1. The van der Waals surface area contributed by atoms with Gasteiger partial charge >= 0.3 is 5.97 Å². The van der Waals surface area contributed by atoms with Crippen LogP contribution in [0.4, 0.5) is 0 Å². The second kappa shape index (κ2) is 11.5. The van der Waals surface area contributed by atoms with E-state index in [4.69, 9.17) is 4.74 Å². The van der Waals surface area contributed by atoms with Crippen molar-refractivity contribution in [3.8, 4) is 22.8 Å². The number of amides is 1. The van der Waals surface area contributed by atoms with Crippen LogP contribution in [0.3, 0.4) is 0 Å². The molecule has 3 aromatic carbocycles. The highest BCUT2D eigenvalue weighted by atomic mass is 32.2. The fourth-order valence-corrected chi connectivity index (χ4v) is 4.11. The van der Waals surface area contributed by atoms with Gasteiger partial charge in [-0.05, 0) is 55.8 Å². The van der Waals surface area contributed by atoms with Crippen molar-refractivity contribution in [3.63, 3.8) is 0 Å². The Labute approximate surface area is 213 Å². The molecule has 36 heavy (non-hydrogen) atoms. The van der Waals surface area contributed by atoms with Gasteiger partial charge in [-0.15, -0.1) is 10.2 Å². The van der Waals surface area contributed by atoms with Crippen LogP contribution in [0.15, 0.2) is 89.1 Å². The number of carbonyl (C=O) groups is 2. The van der Waals surface area contributed by atoms with Crippen LogP contribution in [0, 0.1) is 6.92 Å². The Morgan fingerprint density at radius 3 is 2.31 bits per heavy atom. The van der Waals surface area contributed by atoms with Gasteiger partial charge in [0.15, 0.2) is 11.0 Å². The predicted octanol–water partition coefficient (Wildman–Crippen LogP) is 4.80. The Hall–Kier alpha value is -4.24. The van der Waals surface area contributed by atoms with E-state index in [1.807, 2.05) is 66.1 Å². The van der Waals surface area contributed by atoms with Gasteiger partial charge in [0.05, 0.1) is 11.5 Å². The average Bonchev–Trinajstić information content (AvgIpc) is 3.31. The summed E-state index contributed by atoms with van der Waals surface area (Å²) in [6.07, 6.45) is 0. The Bertz CT molecular complexity index is 1380. The number of thioether (sulfide) groups is 1. The van der Waals surface area contributed by atoms with Crippen molar-refractivity contribution in [1.82, 2.24) is 20.2 Å². The lowest BCUT2D eigenvalue weighted by Crippen LogP contribution is -2.21. The molecule has 0 aliphatic carbocycles. The zero-order chi connectivity index (χ0) is 25.5. The molecule has 4 aromatic rings. The number of nitrogens with zero attached hydrogens (tertiary/aromatic N) is 4. The molecule has 0 saturated carbocycles. The number of rotatable bonds is 8. The predicted molar refractivity (Wildman–Crippen MR) is 140 cm³/mol. The normalized spacial score (nSPS) is 11.2. The summed E-state index contributed by atoms with van der Waals surface area (Å²) in [5.41, 5.74) is 7.00. The van der Waals surface area contributed by atoms with Crippen molar-refractivity contribution in [2.75, 3.05) is 5.75 Å². The van der Waals surface area contributed by atoms with Gasteiger partial charge in [0.25, 0.3) is 5.91 Å². The second-order valence-electron chi connectivity index (χ2n) is 7.98. The van der Waals surface area contributed by atoms with Crippen LogP contribution in [0.25, 0.3) is 17.1 Å². The fraction of sp³-hybridized carbons (Fsp3) is 0.148. The van der Waals surface area contributed by atoms with E-state index in [2.05, 4.69) is 20.7 Å². The van der Waals surface area contributed by atoms with Crippen LogP contribution in [0.2, 0.25) is 0 Å². The summed E-state index contributed by atoms with van der Waals surface area (Å²) in [7, 11) is 0. The first-order valence-electron chi connectivity index (χ1n) is 11.2. The topological polar surface area (TPSA) is 98.5 Å². The highest BCUT2D eigenvalue weighted by molar-refractivity contribution is 7.99. The Kier molecular flexibility index (Phi) is 7.92. The first-order chi connectivity index (χ1) is 17.4. The molecular weight excluding hydrogens is 474 g/mol. The van der Waals surface area contributed by atoms with Crippen molar-refractivity contribution >= 4 is 29.4 Å². The SMILES string of the molecule is CC(=O)Oc1ccc(/C(C)=N\NC(=O)CSc2nnc(-c3ccccc3)n2-c2ccc(C)cc2)cc1. The molecule has 1 N–H and O–H groups in total. The smallest absolute Gasteiger partial charge is 0.308 e. The number of aryl methyl sites for hydroxylation is 1. The standard InChI is InChI=1S/C27H25N5O3S/c1-18-9-13-23(14-10-18)32-26(22-7-5-4-6-8-22)30-31-27(32)36-17-25(34)29-28-19(2)21-11-15-24(16-12-21)35-20(3)33/h4-16H,17H2,1-3H3,(H,29,34)/b28-19-. The van der Waals surface area contributed by atoms with Gasteiger partial charge in [-0.25, -0.2) is 5.43 Å². The van der Waals surface area contributed by atoms with Crippen LogP contribution < -0.4 is 10.2 Å². The highest BCUT2D eigenvalue weighted by Crippen LogP contribution is 2.28. The van der Waals surface area contributed by atoms with Crippen LogP contribution in [0.5, 0.6) is 5.75 Å². The van der Waals surface area contributed by atoms with Gasteiger partial charge in [0, 0.05) is 18.2 Å². The number of ether oxygens (including phenoxy) is 1. The molecule has 0 bridgehead atoms. The zero-order valence-corrected chi connectivity index (χ0v) is 21.0. The minimum Gasteiger partial charge on any atom is -0.427 e. The molecule has 0 unspecified atom stereocenters. The summed E-state index contributed by atoms with van der Waals surface area (Å²) >= 11 is 1.28. The third kappa shape index (κ3) is 6.25.